The van der Waals surface area contributed by atoms with Crippen LogP contribution in [0.4, 0.5) is 0 Å². The first-order valence-corrected chi connectivity index (χ1v) is 6.13. The molecule has 0 aromatic rings. The number of hydrogen-bond donors (Lipinski definition) is 2. The molecule has 0 aromatic heterocycles. The van der Waals surface area contributed by atoms with Crippen LogP contribution in [0.2, 0.25) is 0 Å². The van der Waals surface area contributed by atoms with Crippen LogP contribution in [-0.4, -0.2) is 30.6 Å². The SMILES string of the molecule is CSCC[C@@H](ON)C(=O)NCC(C)C. The second-order valence-electron chi connectivity index (χ2n) is 3.55. The summed E-state index contributed by atoms with van der Waals surface area (Å²) in [5.74, 6) is 6.25. The monoisotopic (exact) mass is 220 g/mol. The second kappa shape index (κ2) is 8.08. The molecule has 0 spiro atoms. The van der Waals surface area contributed by atoms with Crippen molar-refractivity contribution in [2.45, 2.75) is 26.4 Å². The van der Waals surface area contributed by atoms with Gasteiger partial charge in [0.2, 0.25) is 0 Å². The molecule has 3 N–H and O–H groups in total. The summed E-state index contributed by atoms with van der Waals surface area (Å²) in [4.78, 5) is 16.1. The first-order chi connectivity index (χ1) is 6.61. The summed E-state index contributed by atoms with van der Waals surface area (Å²) in [7, 11) is 0. The number of nitrogens with two attached hydrogens (primary N) is 1. The molecule has 4 nitrogen and oxygen atoms in total. The standard InChI is InChI=1S/C9H20N2O2S/c1-7(2)6-11-9(12)8(13-10)4-5-14-3/h7-8H,4-6,10H2,1-3H3,(H,11,12)/t8-/m1/s1. The fourth-order valence-corrected chi connectivity index (χ4v) is 1.35. The smallest absolute Gasteiger partial charge is 0.251 e. The van der Waals surface area contributed by atoms with Crippen LogP contribution < -0.4 is 11.2 Å². The fraction of sp³-hybridized carbons (Fsp3) is 0.889. The van der Waals surface area contributed by atoms with E-state index in [9.17, 15) is 4.79 Å². The predicted octanol–water partition coefficient (Wildman–Crippen LogP) is 0.771. The Labute approximate surface area is 89.9 Å². The van der Waals surface area contributed by atoms with Gasteiger partial charge in [-0.1, -0.05) is 13.8 Å². The van der Waals surface area contributed by atoms with E-state index in [1.807, 2.05) is 20.1 Å². The van der Waals surface area contributed by atoms with Gasteiger partial charge < -0.3 is 5.32 Å². The lowest BCUT2D eigenvalue weighted by Gasteiger charge is -2.14. The summed E-state index contributed by atoms with van der Waals surface area (Å²) in [6, 6.07) is 0. The number of carbonyl (C=O) groups is 1. The lowest BCUT2D eigenvalue weighted by atomic mass is 10.2. The molecule has 14 heavy (non-hydrogen) atoms. The number of nitrogens with one attached hydrogen (secondary N) is 1. The van der Waals surface area contributed by atoms with Crippen LogP contribution in [0, 0.1) is 5.92 Å². The Kier molecular flexibility index (Phi) is 7.93. The first kappa shape index (κ1) is 13.7. The van der Waals surface area contributed by atoms with E-state index in [0.29, 0.717) is 18.9 Å². The van der Waals surface area contributed by atoms with Gasteiger partial charge in [0.25, 0.3) is 5.91 Å². The van der Waals surface area contributed by atoms with Gasteiger partial charge in [0.05, 0.1) is 0 Å². The highest BCUT2D eigenvalue weighted by molar-refractivity contribution is 7.98. The molecule has 0 aliphatic carbocycles. The summed E-state index contributed by atoms with van der Waals surface area (Å²) in [6.45, 7) is 4.75. The van der Waals surface area contributed by atoms with Crippen LogP contribution in [0.1, 0.15) is 20.3 Å². The van der Waals surface area contributed by atoms with Crippen molar-refractivity contribution in [3.63, 3.8) is 0 Å². The van der Waals surface area contributed by atoms with Gasteiger partial charge in [0.15, 0.2) is 6.10 Å². The van der Waals surface area contributed by atoms with Gasteiger partial charge in [-0.15, -0.1) is 0 Å². The van der Waals surface area contributed by atoms with Crippen LogP contribution in [0.15, 0.2) is 0 Å². The van der Waals surface area contributed by atoms with Crippen molar-refractivity contribution in [1.82, 2.24) is 5.32 Å². The largest absolute Gasteiger partial charge is 0.354 e. The number of carbonyl (C=O) groups excluding carboxylic acids is 1. The summed E-state index contributed by atoms with van der Waals surface area (Å²) in [5, 5.41) is 2.79. The number of amides is 1. The van der Waals surface area contributed by atoms with Gasteiger partial charge in [0.1, 0.15) is 0 Å². The van der Waals surface area contributed by atoms with Crippen molar-refractivity contribution in [2.24, 2.45) is 11.8 Å². The maximum atomic E-state index is 11.5. The Morgan fingerprint density at radius 1 is 1.57 bits per heavy atom. The Morgan fingerprint density at radius 2 is 2.21 bits per heavy atom. The van der Waals surface area contributed by atoms with Crippen molar-refractivity contribution in [3.05, 3.63) is 0 Å². The minimum Gasteiger partial charge on any atom is -0.354 e. The third kappa shape index (κ3) is 6.23. The van der Waals surface area contributed by atoms with Crippen LogP contribution in [0.25, 0.3) is 0 Å². The Hall–Kier alpha value is -0.260. The van der Waals surface area contributed by atoms with E-state index in [0.717, 1.165) is 5.75 Å². The molecule has 0 fully saturated rings. The van der Waals surface area contributed by atoms with Crippen molar-refractivity contribution in [2.75, 3.05) is 18.6 Å². The van der Waals surface area contributed by atoms with Gasteiger partial charge >= 0.3 is 0 Å². The molecule has 1 amide bonds. The number of hydrogen-bond acceptors (Lipinski definition) is 4. The lowest BCUT2D eigenvalue weighted by molar-refractivity contribution is -0.133. The molecule has 0 aromatic carbocycles. The molecule has 0 saturated carbocycles. The average molecular weight is 220 g/mol. The lowest BCUT2D eigenvalue weighted by Crippen LogP contribution is -2.39. The van der Waals surface area contributed by atoms with Gasteiger partial charge in [-0.25, -0.2) is 5.90 Å². The number of rotatable bonds is 7. The molecule has 1 atom stereocenters. The second-order valence-corrected chi connectivity index (χ2v) is 4.53. The summed E-state index contributed by atoms with van der Waals surface area (Å²) >= 11 is 1.67. The third-order valence-corrected chi connectivity index (χ3v) is 2.37. The summed E-state index contributed by atoms with van der Waals surface area (Å²) in [6.07, 6.45) is 2.13. The minimum atomic E-state index is -0.513. The molecule has 84 valence electrons. The highest BCUT2D eigenvalue weighted by Gasteiger charge is 2.17. The van der Waals surface area contributed by atoms with Crippen molar-refractivity contribution < 1.29 is 9.63 Å². The van der Waals surface area contributed by atoms with Crippen molar-refractivity contribution >= 4 is 17.7 Å². The van der Waals surface area contributed by atoms with E-state index >= 15 is 0 Å². The Bertz CT molecular complexity index is 165. The predicted molar refractivity (Wildman–Crippen MR) is 59.9 cm³/mol. The normalized spacial score (nSPS) is 12.9. The van der Waals surface area contributed by atoms with E-state index in [2.05, 4.69) is 10.2 Å². The summed E-state index contributed by atoms with van der Waals surface area (Å²) < 4.78 is 0. The maximum Gasteiger partial charge on any atom is 0.251 e. The molecule has 5 heteroatoms. The van der Waals surface area contributed by atoms with E-state index in [1.54, 1.807) is 11.8 Å². The van der Waals surface area contributed by atoms with Gasteiger partial charge in [-0.3, -0.25) is 9.63 Å². The highest BCUT2D eigenvalue weighted by atomic mass is 32.2. The molecular weight excluding hydrogens is 200 g/mol. The van der Waals surface area contributed by atoms with Crippen LogP contribution in [-0.2, 0) is 9.63 Å². The fourth-order valence-electron chi connectivity index (χ4n) is 0.904. The number of thioether (sulfide) groups is 1. The van der Waals surface area contributed by atoms with Gasteiger partial charge in [0, 0.05) is 6.54 Å². The molecule has 0 rings (SSSR count). The van der Waals surface area contributed by atoms with Gasteiger partial charge in [-0.2, -0.15) is 11.8 Å². The topological polar surface area (TPSA) is 64.3 Å². The van der Waals surface area contributed by atoms with Crippen LogP contribution in [0.5, 0.6) is 0 Å². The molecule has 0 aliphatic heterocycles. The molecule has 0 aliphatic rings. The molecule has 0 bridgehead atoms. The Balaban J connectivity index is 3.79. The van der Waals surface area contributed by atoms with Gasteiger partial charge in [-0.05, 0) is 24.3 Å². The molecule has 0 radical (unpaired) electrons. The average Bonchev–Trinajstić information content (AvgIpc) is 2.16. The molecule has 0 unspecified atom stereocenters. The third-order valence-electron chi connectivity index (χ3n) is 1.73. The highest BCUT2D eigenvalue weighted by Crippen LogP contribution is 2.03. The molecular formula is C9H20N2O2S. The van der Waals surface area contributed by atoms with E-state index in [1.165, 1.54) is 0 Å². The van der Waals surface area contributed by atoms with Crippen LogP contribution >= 0.6 is 11.8 Å². The molecule has 0 heterocycles. The van der Waals surface area contributed by atoms with E-state index in [4.69, 9.17) is 5.90 Å². The zero-order valence-electron chi connectivity index (χ0n) is 9.08. The Morgan fingerprint density at radius 3 is 2.64 bits per heavy atom. The first-order valence-electron chi connectivity index (χ1n) is 4.74. The van der Waals surface area contributed by atoms with Crippen molar-refractivity contribution in [1.29, 1.82) is 0 Å². The minimum absolute atomic E-state index is 0.116. The maximum absolute atomic E-state index is 11.5. The summed E-state index contributed by atoms with van der Waals surface area (Å²) in [5.41, 5.74) is 0. The van der Waals surface area contributed by atoms with Crippen molar-refractivity contribution in [3.8, 4) is 0 Å². The van der Waals surface area contributed by atoms with Crippen LogP contribution in [0.3, 0.4) is 0 Å². The zero-order chi connectivity index (χ0) is 11.0. The zero-order valence-corrected chi connectivity index (χ0v) is 9.89. The van der Waals surface area contributed by atoms with E-state index in [-0.39, 0.29) is 5.91 Å². The molecule has 0 saturated heterocycles. The van der Waals surface area contributed by atoms with E-state index < -0.39 is 6.10 Å². The quantitative estimate of drug-likeness (QED) is 0.622.